The maximum absolute atomic E-state index is 13.2. The van der Waals surface area contributed by atoms with E-state index in [-0.39, 0.29) is 36.2 Å². The lowest BCUT2D eigenvalue weighted by Gasteiger charge is -2.33. The van der Waals surface area contributed by atoms with Gasteiger partial charge in [-0.3, -0.25) is 24.1 Å². The highest BCUT2D eigenvalue weighted by molar-refractivity contribution is 6.21. The maximum Gasteiger partial charge on any atom is 0.261 e. The van der Waals surface area contributed by atoms with E-state index >= 15 is 0 Å². The number of likely N-dealkylation sites (tertiary alicyclic amines) is 1. The summed E-state index contributed by atoms with van der Waals surface area (Å²) in [6, 6.07) is 11.9. The van der Waals surface area contributed by atoms with Crippen molar-refractivity contribution < 1.29 is 23.9 Å². The first-order chi connectivity index (χ1) is 17.3. The summed E-state index contributed by atoms with van der Waals surface area (Å²) < 4.78 is 5.69. The van der Waals surface area contributed by atoms with E-state index < -0.39 is 0 Å². The fourth-order valence-corrected chi connectivity index (χ4v) is 4.71. The fourth-order valence-electron chi connectivity index (χ4n) is 4.71. The van der Waals surface area contributed by atoms with Crippen LogP contribution in [0.5, 0.6) is 5.75 Å². The number of nitrogens with one attached hydrogen (secondary N) is 1. The molecule has 2 aliphatic heterocycles. The van der Waals surface area contributed by atoms with E-state index in [1.807, 2.05) is 25.7 Å². The van der Waals surface area contributed by atoms with Gasteiger partial charge in [0, 0.05) is 25.6 Å². The number of nitrogens with zero attached hydrogens (tertiary/aromatic N) is 2. The van der Waals surface area contributed by atoms with Crippen molar-refractivity contribution in [3.63, 3.8) is 0 Å². The monoisotopic (exact) mass is 491 g/mol. The van der Waals surface area contributed by atoms with E-state index in [1.54, 1.807) is 42.5 Å². The average Bonchev–Trinajstić information content (AvgIpc) is 3.10. The van der Waals surface area contributed by atoms with Crippen molar-refractivity contribution >= 4 is 23.6 Å². The Balaban J connectivity index is 1.44. The van der Waals surface area contributed by atoms with Gasteiger partial charge in [-0.05, 0) is 55.5 Å². The molecule has 4 rings (SSSR count). The van der Waals surface area contributed by atoms with Gasteiger partial charge in [0.2, 0.25) is 5.91 Å². The second-order valence-corrected chi connectivity index (χ2v) is 9.73. The minimum atomic E-state index is -0.339. The van der Waals surface area contributed by atoms with Crippen molar-refractivity contribution in [2.24, 2.45) is 5.92 Å². The number of amides is 4. The van der Waals surface area contributed by atoms with Crippen LogP contribution in [0.25, 0.3) is 0 Å². The average molecular weight is 492 g/mol. The molecule has 0 radical (unpaired) electrons. The molecule has 4 amide bonds. The number of piperidine rings is 1. The highest BCUT2D eigenvalue weighted by Crippen LogP contribution is 2.27. The molecule has 190 valence electrons. The van der Waals surface area contributed by atoms with Crippen LogP contribution in [0.1, 0.15) is 76.7 Å². The van der Waals surface area contributed by atoms with E-state index in [4.69, 9.17) is 4.74 Å². The Hall–Kier alpha value is -3.68. The second-order valence-electron chi connectivity index (χ2n) is 9.73. The Morgan fingerprint density at radius 2 is 1.67 bits per heavy atom. The van der Waals surface area contributed by atoms with Crippen LogP contribution in [0.2, 0.25) is 0 Å². The molecule has 0 unspecified atom stereocenters. The molecule has 1 saturated heterocycles. The van der Waals surface area contributed by atoms with Gasteiger partial charge in [-0.15, -0.1) is 0 Å². The van der Waals surface area contributed by atoms with E-state index in [1.165, 1.54) is 4.90 Å². The summed E-state index contributed by atoms with van der Waals surface area (Å²) in [6.45, 7) is 7.61. The first-order valence-corrected chi connectivity index (χ1v) is 12.6. The van der Waals surface area contributed by atoms with E-state index in [2.05, 4.69) is 5.32 Å². The van der Waals surface area contributed by atoms with Crippen molar-refractivity contribution in [3.8, 4) is 5.75 Å². The molecule has 0 saturated carbocycles. The summed E-state index contributed by atoms with van der Waals surface area (Å²) in [5.41, 5.74) is 1.81. The Labute approximate surface area is 211 Å². The van der Waals surface area contributed by atoms with Crippen LogP contribution in [0.3, 0.4) is 0 Å². The molecule has 2 aromatic carbocycles. The number of imide groups is 1. The molecule has 8 heteroatoms. The molecule has 1 N–H and O–H groups in total. The zero-order valence-corrected chi connectivity index (χ0v) is 21.1. The molecule has 36 heavy (non-hydrogen) atoms. The highest BCUT2D eigenvalue weighted by atomic mass is 16.5. The Morgan fingerprint density at radius 1 is 1.03 bits per heavy atom. The van der Waals surface area contributed by atoms with Gasteiger partial charge < -0.3 is 15.0 Å². The van der Waals surface area contributed by atoms with Gasteiger partial charge in [0.1, 0.15) is 5.75 Å². The van der Waals surface area contributed by atoms with Gasteiger partial charge in [0.05, 0.1) is 29.8 Å². The summed E-state index contributed by atoms with van der Waals surface area (Å²) in [4.78, 5) is 54.2. The molecular weight excluding hydrogens is 458 g/mol. The molecule has 8 nitrogen and oxygen atoms in total. The SMILES string of the molecule is CCOc1ccc(CN2C(=O)c3ccccc3C2=O)cc1C(=O)NC1CCN(C(=O)CC(C)C)CC1. The Kier molecular flexibility index (Phi) is 7.72. The minimum absolute atomic E-state index is 0.0463. The van der Waals surface area contributed by atoms with E-state index in [9.17, 15) is 19.2 Å². The first-order valence-electron chi connectivity index (χ1n) is 12.6. The van der Waals surface area contributed by atoms with Crippen LogP contribution >= 0.6 is 0 Å². The normalized spacial score (nSPS) is 15.9. The van der Waals surface area contributed by atoms with E-state index in [0.717, 1.165) is 0 Å². The zero-order valence-electron chi connectivity index (χ0n) is 21.1. The van der Waals surface area contributed by atoms with Crippen LogP contribution in [-0.2, 0) is 11.3 Å². The number of carbonyl (C=O) groups excluding carboxylic acids is 4. The number of benzene rings is 2. The summed E-state index contributed by atoms with van der Waals surface area (Å²) in [5.74, 6) is -0.0161. The van der Waals surface area contributed by atoms with Crippen molar-refractivity contribution in [1.82, 2.24) is 15.1 Å². The Bertz CT molecular complexity index is 1130. The summed E-state index contributed by atoms with van der Waals surface area (Å²) >= 11 is 0. The van der Waals surface area contributed by atoms with Crippen LogP contribution in [-0.4, -0.2) is 59.2 Å². The fraction of sp³-hybridized carbons (Fsp3) is 0.429. The van der Waals surface area contributed by atoms with Crippen LogP contribution in [0.4, 0.5) is 0 Å². The summed E-state index contributed by atoms with van der Waals surface area (Å²) in [5, 5.41) is 3.08. The number of carbonyl (C=O) groups is 4. The third-order valence-electron chi connectivity index (χ3n) is 6.57. The molecule has 2 aliphatic rings. The van der Waals surface area contributed by atoms with Crippen LogP contribution in [0, 0.1) is 5.92 Å². The van der Waals surface area contributed by atoms with Crippen molar-refractivity contribution in [2.75, 3.05) is 19.7 Å². The second kappa shape index (κ2) is 10.9. The number of rotatable bonds is 8. The zero-order chi connectivity index (χ0) is 25.8. The summed E-state index contributed by atoms with van der Waals surface area (Å²) in [6.07, 6.45) is 1.91. The Morgan fingerprint density at radius 3 is 2.25 bits per heavy atom. The lowest BCUT2D eigenvalue weighted by Crippen LogP contribution is -2.46. The van der Waals surface area contributed by atoms with Crippen molar-refractivity contribution in [3.05, 3.63) is 64.7 Å². The van der Waals surface area contributed by atoms with Gasteiger partial charge in [-0.2, -0.15) is 0 Å². The predicted octanol–water partition coefficient (Wildman–Crippen LogP) is 3.65. The number of hydrogen-bond donors (Lipinski definition) is 1. The quantitative estimate of drug-likeness (QED) is 0.569. The number of fused-ring (bicyclic) bond motifs is 1. The molecule has 0 spiro atoms. The standard InChI is InChI=1S/C28H33N3O5/c1-4-36-24-10-9-19(17-31-27(34)21-7-5-6-8-22(21)28(31)35)16-23(24)26(33)29-20-11-13-30(14-12-20)25(32)15-18(2)3/h5-10,16,18,20H,4,11-15,17H2,1-3H3,(H,29,33). The van der Waals surface area contributed by atoms with Gasteiger partial charge in [-0.25, -0.2) is 0 Å². The minimum Gasteiger partial charge on any atom is -0.493 e. The molecule has 2 aromatic rings. The maximum atomic E-state index is 13.2. The third-order valence-corrected chi connectivity index (χ3v) is 6.57. The third kappa shape index (κ3) is 5.42. The smallest absolute Gasteiger partial charge is 0.261 e. The topological polar surface area (TPSA) is 96.0 Å². The molecular formula is C28H33N3O5. The van der Waals surface area contributed by atoms with E-state index in [0.29, 0.717) is 72.9 Å². The lowest BCUT2D eigenvalue weighted by atomic mass is 10.0. The molecule has 0 aromatic heterocycles. The molecule has 0 aliphatic carbocycles. The van der Waals surface area contributed by atoms with Gasteiger partial charge in [0.25, 0.3) is 17.7 Å². The number of ether oxygens (including phenoxy) is 1. The largest absolute Gasteiger partial charge is 0.493 e. The van der Waals surface area contributed by atoms with Gasteiger partial charge in [-0.1, -0.05) is 32.0 Å². The van der Waals surface area contributed by atoms with Crippen LogP contribution in [0.15, 0.2) is 42.5 Å². The predicted molar refractivity (Wildman–Crippen MR) is 135 cm³/mol. The lowest BCUT2D eigenvalue weighted by molar-refractivity contribution is -0.133. The number of hydrogen-bond acceptors (Lipinski definition) is 5. The van der Waals surface area contributed by atoms with Crippen LogP contribution < -0.4 is 10.1 Å². The van der Waals surface area contributed by atoms with Gasteiger partial charge in [0.15, 0.2) is 0 Å². The molecule has 0 bridgehead atoms. The molecule has 2 heterocycles. The van der Waals surface area contributed by atoms with Crippen molar-refractivity contribution in [1.29, 1.82) is 0 Å². The summed E-state index contributed by atoms with van der Waals surface area (Å²) in [7, 11) is 0. The van der Waals surface area contributed by atoms with Gasteiger partial charge >= 0.3 is 0 Å². The highest BCUT2D eigenvalue weighted by Gasteiger charge is 2.35. The first kappa shape index (κ1) is 25.4. The molecule has 0 atom stereocenters. The van der Waals surface area contributed by atoms with Crippen molar-refractivity contribution in [2.45, 2.75) is 52.6 Å². The molecule has 1 fully saturated rings.